The summed E-state index contributed by atoms with van der Waals surface area (Å²) in [5.74, 6) is -55.6. The minimum absolute atomic E-state index is 0.216. The quantitative estimate of drug-likeness (QED) is 0.217. The van der Waals surface area contributed by atoms with Gasteiger partial charge in [0, 0.05) is 5.69 Å². The number of alkyl halides is 15. The van der Waals surface area contributed by atoms with Gasteiger partial charge in [-0.1, -0.05) is 0 Å². The van der Waals surface area contributed by atoms with Crippen LogP contribution < -0.4 is 10.1 Å². The smallest absolute Gasteiger partial charge is 0.444 e. The van der Waals surface area contributed by atoms with Gasteiger partial charge in [0.15, 0.2) is 0 Å². The molecule has 0 saturated heterocycles. The average molecular weight is 639 g/mol. The van der Waals surface area contributed by atoms with Gasteiger partial charge < -0.3 is 9.47 Å². The average Bonchev–Trinajstić information content (AvgIpc) is 2.77. The number of halogens is 17. The lowest BCUT2D eigenvalue weighted by molar-refractivity contribution is -0.451. The zero-order valence-corrected chi connectivity index (χ0v) is 20.0. The first-order valence-corrected chi connectivity index (χ1v) is 10.1. The largest absolute Gasteiger partial charge is 0.460 e. The van der Waals surface area contributed by atoms with Gasteiger partial charge in [0.1, 0.15) is 11.4 Å². The van der Waals surface area contributed by atoms with E-state index < -0.39 is 71.0 Å². The van der Waals surface area contributed by atoms with Crippen molar-refractivity contribution < 1.29 is 88.9 Å². The highest BCUT2D eigenvalue weighted by molar-refractivity contribution is 5.84. The van der Waals surface area contributed by atoms with E-state index in [2.05, 4.69) is 10.1 Å². The van der Waals surface area contributed by atoms with E-state index in [-0.39, 0.29) is 5.69 Å². The molecular formula is C20H14F17NO3. The zero-order valence-electron chi connectivity index (χ0n) is 20.0. The van der Waals surface area contributed by atoms with Crippen LogP contribution in [-0.4, -0.2) is 53.4 Å². The Morgan fingerprint density at radius 2 is 1.02 bits per heavy atom. The van der Waals surface area contributed by atoms with E-state index in [0.29, 0.717) is 12.1 Å². The van der Waals surface area contributed by atoms with Gasteiger partial charge in [-0.2, -0.15) is 74.6 Å². The van der Waals surface area contributed by atoms with Crippen LogP contribution in [0, 0.1) is 0 Å². The van der Waals surface area contributed by atoms with E-state index in [4.69, 9.17) is 4.74 Å². The summed E-state index contributed by atoms with van der Waals surface area (Å²) in [7, 11) is 0. The molecule has 0 atom stereocenters. The van der Waals surface area contributed by atoms with Crippen molar-refractivity contribution in [2.24, 2.45) is 0 Å². The van der Waals surface area contributed by atoms with Crippen molar-refractivity contribution in [2.45, 2.75) is 68.1 Å². The molecule has 1 amide bonds. The molecule has 0 spiro atoms. The van der Waals surface area contributed by atoms with Gasteiger partial charge in [0.05, 0.1) is 0 Å². The van der Waals surface area contributed by atoms with Gasteiger partial charge in [-0.05, 0) is 45.0 Å². The fourth-order valence-electron chi connectivity index (χ4n) is 2.40. The molecule has 0 aliphatic rings. The normalized spacial score (nSPS) is 15.3. The van der Waals surface area contributed by atoms with Crippen LogP contribution in [0.15, 0.2) is 36.1 Å². The lowest BCUT2D eigenvalue weighted by Crippen LogP contribution is -2.72. The number of carbonyl (C=O) groups excluding carboxylic acids is 1. The molecule has 1 rings (SSSR count). The Labute approximate surface area is 217 Å². The molecule has 0 unspecified atom stereocenters. The number of anilines is 1. The highest BCUT2D eigenvalue weighted by Gasteiger charge is 2.93. The van der Waals surface area contributed by atoms with Crippen LogP contribution >= 0.6 is 0 Å². The molecule has 0 aliphatic carbocycles. The number of allylic oxidation sites excluding steroid dienone is 1. The Morgan fingerprint density at radius 3 is 1.41 bits per heavy atom. The summed E-state index contributed by atoms with van der Waals surface area (Å²) in [6, 6.07) is -1.13. The third-order valence-corrected chi connectivity index (χ3v) is 4.48. The van der Waals surface area contributed by atoms with Crippen molar-refractivity contribution in [1.29, 1.82) is 0 Å². The lowest BCUT2D eigenvalue weighted by Gasteiger charge is -2.41. The van der Waals surface area contributed by atoms with E-state index in [0.717, 1.165) is 12.1 Å². The molecule has 1 aromatic rings. The Morgan fingerprint density at radius 1 is 0.634 bits per heavy atom. The molecule has 0 aliphatic heterocycles. The van der Waals surface area contributed by atoms with E-state index in [1.54, 1.807) is 0 Å². The van der Waals surface area contributed by atoms with Crippen LogP contribution in [0.3, 0.4) is 0 Å². The number of hydrogen-bond donors (Lipinski definition) is 1. The Bertz CT molecular complexity index is 1140. The second-order valence-electron chi connectivity index (χ2n) is 8.79. The van der Waals surface area contributed by atoms with Crippen molar-refractivity contribution in [3.63, 3.8) is 0 Å². The number of nitrogens with one attached hydrogen (secondary N) is 1. The summed E-state index contributed by atoms with van der Waals surface area (Å²) in [6.07, 6.45) is -8.89. The van der Waals surface area contributed by atoms with Gasteiger partial charge in [-0.25, -0.2) is 4.79 Å². The summed E-state index contributed by atoms with van der Waals surface area (Å²) in [6.45, 7) is 4.35. The molecule has 0 heterocycles. The van der Waals surface area contributed by atoms with Gasteiger partial charge in [-0.15, -0.1) is 0 Å². The van der Waals surface area contributed by atoms with Gasteiger partial charge in [0.2, 0.25) is 5.83 Å². The summed E-state index contributed by atoms with van der Waals surface area (Å²) < 4.78 is 234. The van der Waals surface area contributed by atoms with E-state index in [1.807, 2.05) is 0 Å². The summed E-state index contributed by atoms with van der Waals surface area (Å²) in [4.78, 5) is 11.6. The van der Waals surface area contributed by atoms with Crippen molar-refractivity contribution in [3.8, 4) is 5.75 Å². The van der Waals surface area contributed by atoms with Crippen LogP contribution in [0.4, 0.5) is 85.1 Å². The maximum absolute atomic E-state index is 13.8. The zero-order chi connectivity index (χ0) is 32.8. The number of amides is 1. The van der Waals surface area contributed by atoms with E-state index >= 15 is 0 Å². The number of rotatable bonds is 9. The third kappa shape index (κ3) is 6.36. The second-order valence-corrected chi connectivity index (χ2v) is 8.79. The standard InChI is InChI=1S/C20H14F17NO3/c1-13(2,3)41-12(39)38-8-4-6-9(7-5-8)40-11(22)10(21)14(23,24)15(25,26)16(27,28)17(29,30)18(31,32)19(33,34)20(35,36)37/h4-7H,1-3H3,(H,38,39). The number of benzene rings is 1. The second kappa shape index (κ2) is 10.6. The summed E-state index contributed by atoms with van der Waals surface area (Å²) in [5, 5.41) is 2.05. The highest BCUT2D eigenvalue weighted by Crippen LogP contribution is 2.63. The summed E-state index contributed by atoms with van der Waals surface area (Å²) >= 11 is 0. The molecule has 0 aromatic heterocycles. The fraction of sp³-hybridized carbons (Fsp3) is 0.550. The molecule has 236 valence electrons. The molecule has 0 bridgehead atoms. The van der Waals surface area contributed by atoms with Crippen LogP contribution in [0.25, 0.3) is 0 Å². The Hall–Kier alpha value is -3.16. The Kier molecular flexibility index (Phi) is 9.27. The number of carbonyl (C=O) groups is 1. The maximum atomic E-state index is 13.8. The molecule has 0 fully saturated rings. The van der Waals surface area contributed by atoms with Crippen LogP contribution in [0.5, 0.6) is 5.75 Å². The molecule has 21 heteroatoms. The number of ether oxygens (including phenoxy) is 2. The highest BCUT2D eigenvalue weighted by atomic mass is 19.4. The topological polar surface area (TPSA) is 47.6 Å². The molecule has 1 N–H and O–H groups in total. The van der Waals surface area contributed by atoms with Crippen LogP contribution in [-0.2, 0) is 4.74 Å². The number of hydrogen-bond acceptors (Lipinski definition) is 3. The van der Waals surface area contributed by atoms with Crippen molar-refractivity contribution in [3.05, 3.63) is 36.1 Å². The van der Waals surface area contributed by atoms with Gasteiger partial charge >= 0.3 is 53.8 Å². The van der Waals surface area contributed by atoms with Crippen molar-refractivity contribution in [2.75, 3.05) is 5.32 Å². The summed E-state index contributed by atoms with van der Waals surface area (Å²) in [5.41, 5.74) is -1.21. The lowest BCUT2D eigenvalue weighted by atomic mass is 9.91. The van der Waals surface area contributed by atoms with E-state index in [9.17, 15) is 79.4 Å². The van der Waals surface area contributed by atoms with E-state index in [1.165, 1.54) is 20.8 Å². The van der Waals surface area contributed by atoms with Gasteiger partial charge in [-0.3, -0.25) is 5.32 Å². The van der Waals surface area contributed by atoms with Crippen LogP contribution in [0.2, 0.25) is 0 Å². The maximum Gasteiger partial charge on any atom is 0.460 e. The molecule has 0 radical (unpaired) electrons. The molecule has 41 heavy (non-hydrogen) atoms. The molecular weight excluding hydrogens is 625 g/mol. The molecule has 0 saturated carbocycles. The fourth-order valence-corrected chi connectivity index (χ4v) is 2.40. The minimum atomic E-state index is -8.67. The predicted molar refractivity (Wildman–Crippen MR) is 102 cm³/mol. The van der Waals surface area contributed by atoms with Crippen molar-refractivity contribution >= 4 is 11.8 Å². The Balaban J connectivity index is 3.38. The minimum Gasteiger partial charge on any atom is -0.444 e. The molecule has 1 aromatic carbocycles. The monoisotopic (exact) mass is 639 g/mol. The first-order valence-electron chi connectivity index (χ1n) is 10.1. The first kappa shape index (κ1) is 35.9. The van der Waals surface area contributed by atoms with Crippen molar-refractivity contribution in [1.82, 2.24) is 0 Å². The van der Waals surface area contributed by atoms with Gasteiger partial charge in [0.25, 0.3) is 0 Å². The SMILES string of the molecule is CC(C)(C)OC(=O)Nc1ccc(OC(F)=C(F)C(F)(F)C(F)(F)C(F)(F)C(F)(F)C(F)(F)C(F)(F)C(F)(F)F)cc1. The third-order valence-electron chi connectivity index (χ3n) is 4.48. The first-order chi connectivity index (χ1) is 17.9. The predicted octanol–water partition coefficient (Wildman–Crippen LogP) is 8.89. The molecule has 4 nitrogen and oxygen atoms in total. The van der Waals surface area contributed by atoms with Crippen LogP contribution in [0.1, 0.15) is 20.8 Å².